The number of carbonyl (C=O) groups is 1. The highest BCUT2D eigenvalue weighted by Crippen LogP contribution is 2.15. The number of aryl methyl sites for hydroxylation is 1. The summed E-state index contributed by atoms with van der Waals surface area (Å²) in [4.78, 5) is 14.0. The van der Waals surface area contributed by atoms with Gasteiger partial charge in [-0.05, 0) is 43.7 Å². The van der Waals surface area contributed by atoms with Gasteiger partial charge in [-0.15, -0.1) is 0 Å². The Morgan fingerprint density at radius 1 is 1.17 bits per heavy atom. The van der Waals surface area contributed by atoms with Gasteiger partial charge in [-0.25, -0.2) is 9.18 Å². The molecule has 122 valence electrons. The summed E-state index contributed by atoms with van der Waals surface area (Å²) in [6.07, 6.45) is 0. The molecule has 5 heteroatoms. The standard InChI is InChI=1S/C18H22FN3O/c1-3-22(15-8-6-7-14(2)13-15)12-11-20-18(23)21-17-10-5-4-9-16(17)19/h4-10,13H,3,11-12H2,1-2H3,(H2,20,21,23). The van der Waals surface area contributed by atoms with Crippen LogP contribution in [0.5, 0.6) is 0 Å². The van der Waals surface area contributed by atoms with Crippen LogP contribution in [0.3, 0.4) is 0 Å². The van der Waals surface area contributed by atoms with E-state index < -0.39 is 11.8 Å². The summed E-state index contributed by atoms with van der Waals surface area (Å²) in [5.41, 5.74) is 2.51. The first-order valence-electron chi connectivity index (χ1n) is 7.71. The Hall–Kier alpha value is -2.56. The number of anilines is 2. The molecule has 0 aliphatic rings. The number of rotatable bonds is 6. The highest BCUT2D eigenvalue weighted by molar-refractivity contribution is 5.89. The molecule has 2 N–H and O–H groups in total. The maximum Gasteiger partial charge on any atom is 0.319 e. The summed E-state index contributed by atoms with van der Waals surface area (Å²) in [6, 6.07) is 13.9. The molecule has 0 atom stereocenters. The van der Waals surface area contributed by atoms with Crippen molar-refractivity contribution in [1.29, 1.82) is 0 Å². The number of urea groups is 1. The molecule has 0 aliphatic heterocycles. The van der Waals surface area contributed by atoms with E-state index in [4.69, 9.17) is 0 Å². The fraction of sp³-hybridized carbons (Fsp3) is 0.278. The third-order valence-corrected chi connectivity index (χ3v) is 3.54. The molecule has 0 saturated carbocycles. The van der Waals surface area contributed by atoms with Crippen molar-refractivity contribution in [3.05, 3.63) is 59.9 Å². The molecule has 0 aromatic heterocycles. The zero-order chi connectivity index (χ0) is 16.7. The summed E-state index contributed by atoms with van der Waals surface area (Å²) < 4.78 is 13.5. The summed E-state index contributed by atoms with van der Waals surface area (Å²) in [5, 5.41) is 5.26. The zero-order valence-corrected chi connectivity index (χ0v) is 13.5. The molecule has 2 aromatic carbocycles. The number of hydrogen-bond acceptors (Lipinski definition) is 2. The van der Waals surface area contributed by atoms with E-state index in [2.05, 4.69) is 47.6 Å². The lowest BCUT2D eigenvalue weighted by atomic mass is 10.2. The summed E-state index contributed by atoms with van der Waals surface area (Å²) in [5.74, 6) is -0.447. The number of amides is 2. The SMILES string of the molecule is CCN(CCNC(=O)Nc1ccccc1F)c1cccc(C)c1. The van der Waals surface area contributed by atoms with Crippen molar-refractivity contribution in [1.82, 2.24) is 5.32 Å². The first-order valence-corrected chi connectivity index (χ1v) is 7.71. The first kappa shape index (κ1) is 16.8. The van der Waals surface area contributed by atoms with E-state index in [1.54, 1.807) is 12.1 Å². The van der Waals surface area contributed by atoms with Crippen molar-refractivity contribution >= 4 is 17.4 Å². The van der Waals surface area contributed by atoms with Crippen molar-refractivity contribution in [2.24, 2.45) is 0 Å². The van der Waals surface area contributed by atoms with E-state index in [0.717, 1.165) is 12.2 Å². The van der Waals surface area contributed by atoms with E-state index >= 15 is 0 Å². The maximum atomic E-state index is 13.5. The number of likely N-dealkylation sites (N-methyl/N-ethyl adjacent to an activating group) is 1. The minimum absolute atomic E-state index is 0.177. The van der Waals surface area contributed by atoms with Crippen molar-refractivity contribution in [2.75, 3.05) is 29.9 Å². The molecule has 0 bridgehead atoms. The molecule has 0 saturated heterocycles. The predicted octanol–water partition coefficient (Wildman–Crippen LogP) is 3.78. The quantitative estimate of drug-likeness (QED) is 0.852. The van der Waals surface area contributed by atoms with Crippen LogP contribution in [0.4, 0.5) is 20.6 Å². The molecule has 0 spiro atoms. The van der Waals surface area contributed by atoms with Crippen LogP contribution in [-0.4, -0.2) is 25.7 Å². The molecule has 0 heterocycles. The molecule has 0 radical (unpaired) electrons. The fourth-order valence-corrected chi connectivity index (χ4v) is 2.33. The molecular weight excluding hydrogens is 293 g/mol. The van der Waals surface area contributed by atoms with E-state index in [1.165, 1.54) is 17.7 Å². The molecule has 23 heavy (non-hydrogen) atoms. The maximum absolute atomic E-state index is 13.5. The van der Waals surface area contributed by atoms with Gasteiger partial charge < -0.3 is 15.5 Å². The lowest BCUT2D eigenvalue weighted by Gasteiger charge is -2.23. The Bertz CT molecular complexity index is 660. The van der Waals surface area contributed by atoms with Crippen LogP contribution in [0.1, 0.15) is 12.5 Å². The van der Waals surface area contributed by atoms with Gasteiger partial charge in [0.1, 0.15) is 5.82 Å². The monoisotopic (exact) mass is 315 g/mol. The van der Waals surface area contributed by atoms with Gasteiger partial charge in [-0.2, -0.15) is 0 Å². The molecule has 0 fully saturated rings. The van der Waals surface area contributed by atoms with Crippen molar-refractivity contribution < 1.29 is 9.18 Å². The van der Waals surface area contributed by atoms with E-state index in [0.29, 0.717) is 13.1 Å². The number of carbonyl (C=O) groups excluding carboxylic acids is 1. The predicted molar refractivity (Wildman–Crippen MR) is 92.5 cm³/mol. The number of nitrogens with zero attached hydrogens (tertiary/aromatic N) is 1. The lowest BCUT2D eigenvalue weighted by molar-refractivity contribution is 0.252. The molecular formula is C18H22FN3O. The number of hydrogen-bond donors (Lipinski definition) is 2. The summed E-state index contributed by atoms with van der Waals surface area (Å²) in [7, 11) is 0. The third kappa shape index (κ3) is 4.98. The zero-order valence-electron chi connectivity index (χ0n) is 13.5. The topological polar surface area (TPSA) is 44.4 Å². The van der Waals surface area contributed by atoms with Gasteiger partial charge in [-0.3, -0.25) is 0 Å². The Kier molecular flexibility index (Phi) is 5.97. The van der Waals surface area contributed by atoms with E-state index in [-0.39, 0.29) is 5.69 Å². The Balaban J connectivity index is 1.83. The summed E-state index contributed by atoms with van der Waals surface area (Å²) in [6.45, 7) is 6.13. The van der Waals surface area contributed by atoms with Crippen LogP contribution in [0.2, 0.25) is 0 Å². The first-order chi connectivity index (χ1) is 11.1. The van der Waals surface area contributed by atoms with Gasteiger partial charge in [-0.1, -0.05) is 24.3 Å². The molecule has 2 aromatic rings. The van der Waals surface area contributed by atoms with E-state index in [1.807, 2.05) is 6.07 Å². The Morgan fingerprint density at radius 3 is 2.65 bits per heavy atom. The average Bonchev–Trinajstić information content (AvgIpc) is 2.54. The fourth-order valence-electron chi connectivity index (χ4n) is 2.33. The highest BCUT2D eigenvalue weighted by atomic mass is 19.1. The van der Waals surface area contributed by atoms with Gasteiger partial charge in [0.2, 0.25) is 0 Å². The van der Waals surface area contributed by atoms with Gasteiger partial charge in [0.25, 0.3) is 0 Å². The number of halogens is 1. The van der Waals surface area contributed by atoms with Gasteiger partial charge >= 0.3 is 6.03 Å². The Morgan fingerprint density at radius 2 is 1.96 bits per heavy atom. The van der Waals surface area contributed by atoms with Gasteiger partial charge in [0.15, 0.2) is 0 Å². The Labute approximate surface area is 136 Å². The van der Waals surface area contributed by atoms with Crippen LogP contribution in [-0.2, 0) is 0 Å². The molecule has 4 nitrogen and oxygen atoms in total. The van der Waals surface area contributed by atoms with Crippen molar-refractivity contribution in [3.63, 3.8) is 0 Å². The van der Waals surface area contributed by atoms with Crippen LogP contribution in [0.15, 0.2) is 48.5 Å². The normalized spacial score (nSPS) is 10.2. The average molecular weight is 315 g/mol. The van der Waals surface area contributed by atoms with Crippen molar-refractivity contribution in [3.8, 4) is 0 Å². The molecule has 0 aliphatic carbocycles. The van der Waals surface area contributed by atoms with E-state index in [9.17, 15) is 9.18 Å². The number of benzene rings is 2. The lowest BCUT2D eigenvalue weighted by Crippen LogP contribution is -2.37. The smallest absolute Gasteiger partial charge is 0.319 e. The number of nitrogens with one attached hydrogen (secondary N) is 2. The molecule has 2 amide bonds. The van der Waals surface area contributed by atoms with Crippen LogP contribution < -0.4 is 15.5 Å². The second-order valence-corrected chi connectivity index (χ2v) is 5.28. The summed E-state index contributed by atoms with van der Waals surface area (Å²) >= 11 is 0. The molecule has 2 rings (SSSR count). The number of para-hydroxylation sites is 1. The second-order valence-electron chi connectivity index (χ2n) is 5.28. The van der Waals surface area contributed by atoms with Crippen LogP contribution in [0, 0.1) is 12.7 Å². The van der Waals surface area contributed by atoms with Crippen LogP contribution in [0.25, 0.3) is 0 Å². The van der Waals surface area contributed by atoms with Gasteiger partial charge in [0, 0.05) is 25.3 Å². The minimum Gasteiger partial charge on any atom is -0.370 e. The molecule has 0 unspecified atom stereocenters. The largest absolute Gasteiger partial charge is 0.370 e. The highest BCUT2D eigenvalue weighted by Gasteiger charge is 2.07. The second kappa shape index (κ2) is 8.17. The van der Waals surface area contributed by atoms with Crippen LogP contribution >= 0.6 is 0 Å². The van der Waals surface area contributed by atoms with Crippen molar-refractivity contribution in [2.45, 2.75) is 13.8 Å². The third-order valence-electron chi connectivity index (χ3n) is 3.54. The minimum atomic E-state index is -0.447. The van der Waals surface area contributed by atoms with Gasteiger partial charge in [0.05, 0.1) is 5.69 Å².